The maximum absolute atomic E-state index is 10.9. The molecule has 0 unspecified atom stereocenters. The van der Waals surface area contributed by atoms with E-state index in [4.69, 9.17) is 5.73 Å². The Hall–Kier alpha value is -1.69. The second-order valence-electron chi connectivity index (χ2n) is 6.41. The Labute approximate surface area is 118 Å². The molecule has 0 saturated heterocycles. The van der Waals surface area contributed by atoms with Crippen molar-refractivity contribution in [1.82, 2.24) is 10.2 Å². The van der Waals surface area contributed by atoms with Gasteiger partial charge in [-0.3, -0.25) is 4.79 Å². The number of rotatable bonds is 4. The summed E-state index contributed by atoms with van der Waals surface area (Å²) in [6.45, 7) is 4.90. The fourth-order valence-corrected chi connectivity index (χ4v) is 2.38. The SMILES string of the molecule is CC1(C)CCC(O)(CNc2ccc(C(N)=O)nn2)CC1. The number of amides is 1. The minimum atomic E-state index is -0.695. The number of nitrogens with two attached hydrogens (primary N) is 1. The highest BCUT2D eigenvalue weighted by molar-refractivity contribution is 5.90. The summed E-state index contributed by atoms with van der Waals surface area (Å²) >= 11 is 0. The van der Waals surface area contributed by atoms with Gasteiger partial charge in [0.2, 0.25) is 0 Å². The van der Waals surface area contributed by atoms with Crippen molar-refractivity contribution in [3.05, 3.63) is 17.8 Å². The van der Waals surface area contributed by atoms with Crippen molar-refractivity contribution in [2.75, 3.05) is 11.9 Å². The first-order valence-corrected chi connectivity index (χ1v) is 6.90. The van der Waals surface area contributed by atoms with E-state index in [9.17, 15) is 9.90 Å². The molecule has 0 atom stereocenters. The molecule has 1 aliphatic carbocycles. The van der Waals surface area contributed by atoms with E-state index in [0.717, 1.165) is 25.7 Å². The van der Waals surface area contributed by atoms with Gasteiger partial charge >= 0.3 is 0 Å². The molecule has 110 valence electrons. The van der Waals surface area contributed by atoms with Crippen LogP contribution in [0.1, 0.15) is 50.0 Å². The second-order valence-corrected chi connectivity index (χ2v) is 6.41. The molecule has 1 aromatic rings. The van der Waals surface area contributed by atoms with E-state index in [2.05, 4.69) is 29.4 Å². The molecule has 1 amide bonds. The van der Waals surface area contributed by atoms with Crippen LogP contribution in [-0.4, -0.2) is 33.4 Å². The number of nitrogens with one attached hydrogen (secondary N) is 1. The standard InChI is InChI=1S/C14H22N4O2/c1-13(2)5-7-14(20,8-6-13)9-16-11-4-3-10(12(15)19)17-18-11/h3-4,20H,5-9H2,1-2H3,(H2,15,19)(H,16,18). The summed E-state index contributed by atoms with van der Waals surface area (Å²) in [5.41, 5.74) is 4.85. The van der Waals surface area contributed by atoms with Gasteiger partial charge in [-0.15, -0.1) is 10.2 Å². The minimum Gasteiger partial charge on any atom is -0.388 e. The fraction of sp³-hybridized carbons (Fsp3) is 0.643. The van der Waals surface area contributed by atoms with E-state index in [-0.39, 0.29) is 5.69 Å². The summed E-state index contributed by atoms with van der Waals surface area (Å²) in [4.78, 5) is 10.9. The Morgan fingerprint density at radius 3 is 2.45 bits per heavy atom. The number of anilines is 1. The predicted molar refractivity (Wildman–Crippen MR) is 76.2 cm³/mol. The first-order chi connectivity index (χ1) is 9.30. The van der Waals surface area contributed by atoms with E-state index in [0.29, 0.717) is 17.8 Å². The molecule has 1 aromatic heterocycles. The Balaban J connectivity index is 1.90. The first-order valence-electron chi connectivity index (χ1n) is 6.90. The van der Waals surface area contributed by atoms with Crippen LogP contribution in [0.3, 0.4) is 0 Å². The number of carbonyl (C=O) groups excluding carboxylic acids is 1. The summed E-state index contributed by atoms with van der Waals surface area (Å²) in [5.74, 6) is -0.0644. The lowest BCUT2D eigenvalue weighted by molar-refractivity contribution is -0.0146. The maximum Gasteiger partial charge on any atom is 0.269 e. The van der Waals surface area contributed by atoms with Crippen LogP contribution in [0.15, 0.2) is 12.1 Å². The van der Waals surface area contributed by atoms with E-state index in [1.165, 1.54) is 6.07 Å². The van der Waals surface area contributed by atoms with Gasteiger partial charge in [0.05, 0.1) is 5.60 Å². The lowest BCUT2D eigenvalue weighted by atomic mass is 9.71. The molecule has 6 nitrogen and oxygen atoms in total. The van der Waals surface area contributed by atoms with Gasteiger partial charge in [-0.05, 0) is 43.2 Å². The highest BCUT2D eigenvalue weighted by atomic mass is 16.3. The van der Waals surface area contributed by atoms with E-state index >= 15 is 0 Å². The summed E-state index contributed by atoms with van der Waals surface area (Å²) in [5, 5.41) is 21.2. The van der Waals surface area contributed by atoms with E-state index in [1.54, 1.807) is 6.07 Å². The Kier molecular flexibility index (Phi) is 3.94. The van der Waals surface area contributed by atoms with Crippen LogP contribution in [0, 0.1) is 5.41 Å². The largest absolute Gasteiger partial charge is 0.388 e. The van der Waals surface area contributed by atoms with Gasteiger partial charge in [0.25, 0.3) is 5.91 Å². The molecule has 0 radical (unpaired) electrons. The number of aromatic nitrogens is 2. The van der Waals surface area contributed by atoms with Crippen LogP contribution < -0.4 is 11.1 Å². The predicted octanol–water partition coefficient (Wildman–Crippen LogP) is 1.32. The third-order valence-corrected chi connectivity index (χ3v) is 4.05. The summed E-state index contributed by atoms with van der Waals surface area (Å²) < 4.78 is 0. The van der Waals surface area contributed by atoms with Gasteiger partial charge in [0.15, 0.2) is 5.69 Å². The summed E-state index contributed by atoms with van der Waals surface area (Å²) in [7, 11) is 0. The van der Waals surface area contributed by atoms with Crippen LogP contribution in [0.2, 0.25) is 0 Å². The Bertz CT molecular complexity index is 474. The number of nitrogens with zero attached hydrogens (tertiary/aromatic N) is 2. The van der Waals surface area contributed by atoms with Crippen molar-refractivity contribution in [3.63, 3.8) is 0 Å². The topological polar surface area (TPSA) is 101 Å². The number of hydrogen-bond donors (Lipinski definition) is 3. The fourth-order valence-electron chi connectivity index (χ4n) is 2.38. The molecule has 20 heavy (non-hydrogen) atoms. The summed E-state index contributed by atoms with van der Waals surface area (Å²) in [6.07, 6.45) is 3.58. The molecule has 6 heteroatoms. The van der Waals surface area contributed by atoms with Crippen molar-refractivity contribution in [3.8, 4) is 0 Å². The normalized spacial score (nSPS) is 20.4. The van der Waals surface area contributed by atoms with Gasteiger partial charge in [-0.2, -0.15) is 0 Å². The van der Waals surface area contributed by atoms with Gasteiger partial charge in [0.1, 0.15) is 5.82 Å². The van der Waals surface area contributed by atoms with Crippen LogP contribution in [0.25, 0.3) is 0 Å². The molecule has 1 aliphatic rings. The van der Waals surface area contributed by atoms with Gasteiger partial charge in [0, 0.05) is 6.54 Å². The van der Waals surface area contributed by atoms with Crippen molar-refractivity contribution < 1.29 is 9.90 Å². The lowest BCUT2D eigenvalue weighted by Gasteiger charge is -2.40. The van der Waals surface area contributed by atoms with Crippen LogP contribution in [-0.2, 0) is 0 Å². The average Bonchev–Trinajstić information content (AvgIpc) is 2.41. The molecule has 0 spiro atoms. The quantitative estimate of drug-likeness (QED) is 0.771. The van der Waals surface area contributed by atoms with Crippen molar-refractivity contribution in [1.29, 1.82) is 0 Å². The molecule has 0 aromatic carbocycles. The van der Waals surface area contributed by atoms with Crippen molar-refractivity contribution in [2.24, 2.45) is 11.1 Å². The Morgan fingerprint density at radius 2 is 1.95 bits per heavy atom. The average molecular weight is 278 g/mol. The number of carbonyl (C=O) groups is 1. The lowest BCUT2D eigenvalue weighted by Crippen LogP contribution is -2.42. The maximum atomic E-state index is 10.9. The molecular weight excluding hydrogens is 256 g/mol. The van der Waals surface area contributed by atoms with Crippen molar-refractivity contribution >= 4 is 11.7 Å². The molecular formula is C14H22N4O2. The molecule has 2 rings (SSSR count). The molecule has 1 saturated carbocycles. The molecule has 1 fully saturated rings. The zero-order chi connectivity index (χ0) is 14.8. The van der Waals surface area contributed by atoms with Crippen LogP contribution in [0.5, 0.6) is 0 Å². The van der Waals surface area contributed by atoms with E-state index < -0.39 is 11.5 Å². The van der Waals surface area contributed by atoms with Gasteiger partial charge in [-0.1, -0.05) is 13.8 Å². The zero-order valence-corrected chi connectivity index (χ0v) is 12.0. The first kappa shape index (κ1) is 14.7. The monoisotopic (exact) mass is 278 g/mol. The zero-order valence-electron chi connectivity index (χ0n) is 12.0. The highest BCUT2D eigenvalue weighted by Crippen LogP contribution is 2.40. The Morgan fingerprint density at radius 1 is 1.30 bits per heavy atom. The van der Waals surface area contributed by atoms with Crippen molar-refractivity contribution in [2.45, 2.75) is 45.1 Å². The second kappa shape index (κ2) is 5.36. The number of primary amides is 1. The molecule has 4 N–H and O–H groups in total. The summed E-state index contributed by atoms with van der Waals surface area (Å²) in [6, 6.07) is 3.16. The third-order valence-electron chi connectivity index (χ3n) is 4.05. The smallest absolute Gasteiger partial charge is 0.269 e. The number of hydrogen-bond acceptors (Lipinski definition) is 5. The van der Waals surface area contributed by atoms with Gasteiger partial charge in [-0.25, -0.2) is 0 Å². The molecule has 0 aliphatic heterocycles. The number of aliphatic hydroxyl groups is 1. The van der Waals surface area contributed by atoms with E-state index in [1.807, 2.05) is 0 Å². The van der Waals surface area contributed by atoms with Crippen LogP contribution in [0.4, 0.5) is 5.82 Å². The van der Waals surface area contributed by atoms with Crippen LogP contribution >= 0.6 is 0 Å². The molecule has 0 bridgehead atoms. The minimum absolute atomic E-state index is 0.133. The highest BCUT2D eigenvalue weighted by Gasteiger charge is 2.36. The molecule has 1 heterocycles. The third kappa shape index (κ3) is 3.66. The van der Waals surface area contributed by atoms with Gasteiger partial charge < -0.3 is 16.2 Å².